The lowest BCUT2D eigenvalue weighted by Crippen LogP contribution is -2.35. The Hall–Kier alpha value is -1.13. The van der Waals surface area contributed by atoms with Crippen LogP contribution in [-0.4, -0.2) is 37.0 Å². The van der Waals surface area contributed by atoms with Gasteiger partial charge in [-0.2, -0.15) is 0 Å². The number of benzene rings is 1. The fraction of sp³-hybridized carbons (Fsp3) is 0.500. The molecule has 19 heavy (non-hydrogen) atoms. The van der Waals surface area contributed by atoms with E-state index in [0.717, 1.165) is 26.1 Å². The largest absolute Gasteiger partial charge is 0.351 e. The van der Waals surface area contributed by atoms with E-state index in [9.17, 15) is 9.18 Å². The van der Waals surface area contributed by atoms with Crippen molar-refractivity contribution in [3.8, 4) is 0 Å². The average molecular weight is 287 g/mol. The first-order valence-electron chi connectivity index (χ1n) is 6.54. The van der Waals surface area contributed by atoms with Crippen LogP contribution in [0.5, 0.6) is 0 Å². The van der Waals surface area contributed by atoms with Crippen LogP contribution in [0.1, 0.15) is 30.6 Å². The number of nitrogens with one attached hydrogen (secondary N) is 1. The third kappa shape index (κ3) is 5.17. The number of amides is 1. The van der Waals surface area contributed by atoms with Crippen LogP contribution in [-0.2, 0) is 0 Å². The van der Waals surface area contributed by atoms with Crippen LogP contribution < -0.4 is 5.32 Å². The molecule has 0 heterocycles. The van der Waals surface area contributed by atoms with Gasteiger partial charge in [0.15, 0.2) is 0 Å². The maximum atomic E-state index is 13.5. The van der Waals surface area contributed by atoms with Crippen LogP contribution in [0, 0.1) is 5.82 Å². The molecule has 1 aromatic rings. The Morgan fingerprint density at radius 1 is 1.37 bits per heavy atom. The van der Waals surface area contributed by atoms with E-state index in [1.54, 1.807) is 0 Å². The summed E-state index contributed by atoms with van der Waals surface area (Å²) in [4.78, 5) is 14.0. The van der Waals surface area contributed by atoms with Crippen LogP contribution in [0.15, 0.2) is 18.2 Å². The van der Waals surface area contributed by atoms with E-state index in [2.05, 4.69) is 24.1 Å². The van der Waals surface area contributed by atoms with Gasteiger partial charge in [-0.15, -0.1) is 0 Å². The van der Waals surface area contributed by atoms with Gasteiger partial charge in [0, 0.05) is 18.1 Å². The Kier molecular flexibility index (Phi) is 6.81. The highest BCUT2D eigenvalue weighted by Crippen LogP contribution is 2.14. The fourth-order valence-electron chi connectivity index (χ4n) is 1.84. The van der Waals surface area contributed by atoms with Crippen LogP contribution in [0.3, 0.4) is 0 Å². The summed E-state index contributed by atoms with van der Waals surface area (Å²) in [6, 6.07) is 3.97. The van der Waals surface area contributed by atoms with E-state index in [0.29, 0.717) is 11.6 Å². The van der Waals surface area contributed by atoms with Gasteiger partial charge in [0.05, 0.1) is 5.56 Å². The highest BCUT2D eigenvalue weighted by atomic mass is 35.5. The molecule has 0 unspecified atom stereocenters. The minimum Gasteiger partial charge on any atom is -0.351 e. The standard InChI is InChI=1S/C14H20ClFN2O/c1-3-8-18(4-2)9-7-17-14(19)12-10-11(15)5-6-13(12)16/h5-6,10H,3-4,7-9H2,1-2H3,(H,17,19). The molecule has 3 nitrogen and oxygen atoms in total. The van der Waals surface area contributed by atoms with Gasteiger partial charge in [-0.25, -0.2) is 4.39 Å². The Morgan fingerprint density at radius 3 is 2.74 bits per heavy atom. The Bertz CT molecular complexity index is 426. The van der Waals surface area contributed by atoms with Gasteiger partial charge in [0.25, 0.3) is 5.91 Å². The van der Waals surface area contributed by atoms with Crippen molar-refractivity contribution in [1.29, 1.82) is 0 Å². The Balaban J connectivity index is 2.49. The van der Waals surface area contributed by atoms with Gasteiger partial charge in [-0.3, -0.25) is 4.79 Å². The SMILES string of the molecule is CCCN(CC)CCNC(=O)c1cc(Cl)ccc1F. The zero-order valence-electron chi connectivity index (χ0n) is 11.4. The summed E-state index contributed by atoms with van der Waals surface area (Å²) in [5.41, 5.74) is -0.00830. The summed E-state index contributed by atoms with van der Waals surface area (Å²) in [7, 11) is 0. The maximum Gasteiger partial charge on any atom is 0.254 e. The predicted octanol–water partition coefficient (Wildman–Crippen LogP) is 2.94. The Labute approximate surface area is 118 Å². The third-order valence-corrected chi connectivity index (χ3v) is 3.11. The molecule has 5 heteroatoms. The quantitative estimate of drug-likeness (QED) is 0.836. The monoisotopic (exact) mass is 286 g/mol. The van der Waals surface area contributed by atoms with Gasteiger partial charge in [-0.05, 0) is 37.7 Å². The van der Waals surface area contributed by atoms with Crippen molar-refractivity contribution in [2.24, 2.45) is 0 Å². The van der Waals surface area contributed by atoms with E-state index < -0.39 is 11.7 Å². The number of carbonyl (C=O) groups excluding carboxylic acids is 1. The number of halogens is 2. The lowest BCUT2D eigenvalue weighted by atomic mass is 10.2. The van der Waals surface area contributed by atoms with Gasteiger partial charge in [0.2, 0.25) is 0 Å². The molecule has 0 aliphatic rings. The molecule has 1 N–H and O–H groups in total. The average Bonchev–Trinajstić information content (AvgIpc) is 2.40. The number of hydrogen-bond donors (Lipinski definition) is 1. The van der Waals surface area contributed by atoms with Crippen LogP contribution in [0.25, 0.3) is 0 Å². The molecule has 0 radical (unpaired) electrons. The zero-order chi connectivity index (χ0) is 14.3. The van der Waals surface area contributed by atoms with E-state index >= 15 is 0 Å². The molecule has 0 aromatic heterocycles. The van der Waals surface area contributed by atoms with Gasteiger partial charge >= 0.3 is 0 Å². The van der Waals surface area contributed by atoms with Gasteiger partial charge < -0.3 is 10.2 Å². The van der Waals surface area contributed by atoms with Crippen LogP contribution >= 0.6 is 11.6 Å². The first-order chi connectivity index (χ1) is 9.08. The van der Waals surface area contributed by atoms with E-state index in [1.807, 2.05) is 0 Å². The van der Waals surface area contributed by atoms with Crippen molar-refractivity contribution >= 4 is 17.5 Å². The first-order valence-corrected chi connectivity index (χ1v) is 6.91. The Morgan fingerprint density at radius 2 is 2.11 bits per heavy atom. The minimum atomic E-state index is -0.553. The molecule has 0 bridgehead atoms. The molecular weight excluding hydrogens is 267 g/mol. The first kappa shape index (κ1) is 15.9. The molecule has 0 aliphatic heterocycles. The normalized spacial score (nSPS) is 10.8. The summed E-state index contributed by atoms with van der Waals surface area (Å²) in [6.07, 6.45) is 1.07. The molecule has 0 saturated carbocycles. The molecule has 106 valence electrons. The summed E-state index contributed by atoms with van der Waals surface area (Å²) in [5.74, 6) is -0.977. The second-order valence-electron chi connectivity index (χ2n) is 4.31. The van der Waals surface area contributed by atoms with Crippen molar-refractivity contribution in [1.82, 2.24) is 10.2 Å². The van der Waals surface area contributed by atoms with E-state index in [1.165, 1.54) is 18.2 Å². The molecule has 0 atom stereocenters. The fourth-order valence-corrected chi connectivity index (χ4v) is 2.01. The van der Waals surface area contributed by atoms with E-state index in [4.69, 9.17) is 11.6 Å². The summed E-state index contributed by atoms with van der Waals surface area (Å²) in [6.45, 7) is 7.39. The zero-order valence-corrected chi connectivity index (χ0v) is 12.1. The maximum absolute atomic E-state index is 13.5. The minimum absolute atomic E-state index is 0.00830. The number of hydrogen-bond acceptors (Lipinski definition) is 2. The van der Waals surface area contributed by atoms with Gasteiger partial charge in [0.1, 0.15) is 5.82 Å². The highest BCUT2D eigenvalue weighted by molar-refractivity contribution is 6.30. The smallest absolute Gasteiger partial charge is 0.254 e. The molecule has 0 saturated heterocycles. The van der Waals surface area contributed by atoms with Crippen molar-refractivity contribution in [3.05, 3.63) is 34.6 Å². The summed E-state index contributed by atoms with van der Waals surface area (Å²) >= 11 is 5.75. The summed E-state index contributed by atoms with van der Waals surface area (Å²) < 4.78 is 13.5. The second-order valence-corrected chi connectivity index (χ2v) is 4.75. The molecular formula is C14H20ClFN2O. The predicted molar refractivity (Wildman–Crippen MR) is 76.1 cm³/mol. The lowest BCUT2D eigenvalue weighted by molar-refractivity contribution is 0.0944. The molecule has 0 fully saturated rings. The van der Waals surface area contributed by atoms with Crippen molar-refractivity contribution in [2.45, 2.75) is 20.3 Å². The summed E-state index contributed by atoms with van der Waals surface area (Å²) in [5, 5.41) is 3.07. The molecule has 0 spiro atoms. The number of likely N-dealkylation sites (N-methyl/N-ethyl adjacent to an activating group) is 1. The third-order valence-electron chi connectivity index (χ3n) is 2.87. The van der Waals surface area contributed by atoms with E-state index in [-0.39, 0.29) is 5.56 Å². The van der Waals surface area contributed by atoms with Crippen molar-refractivity contribution in [3.63, 3.8) is 0 Å². The topological polar surface area (TPSA) is 32.3 Å². The van der Waals surface area contributed by atoms with Crippen molar-refractivity contribution in [2.75, 3.05) is 26.2 Å². The molecule has 1 amide bonds. The number of carbonyl (C=O) groups is 1. The molecule has 1 rings (SSSR count). The highest BCUT2D eigenvalue weighted by Gasteiger charge is 2.12. The molecule has 1 aromatic carbocycles. The number of rotatable bonds is 7. The molecule has 0 aliphatic carbocycles. The second kappa shape index (κ2) is 8.12. The van der Waals surface area contributed by atoms with Crippen LogP contribution in [0.4, 0.5) is 4.39 Å². The van der Waals surface area contributed by atoms with Crippen molar-refractivity contribution < 1.29 is 9.18 Å². The van der Waals surface area contributed by atoms with Crippen LogP contribution in [0.2, 0.25) is 5.02 Å². The number of nitrogens with zero attached hydrogens (tertiary/aromatic N) is 1. The van der Waals surface area contributed by atoms with Gasteiger partial charge in [-0.1, -0.05) is 25.4 Å². The lowest BCUT2D eigenvalue weighted by Gasteiger charge is -2.19.